The number of rotatable bonds is 1. The van der Waals surface area contributed by atoms with Crippen molar-refractivity contribution in [3.8, 4) is 0 Å². The summed E-state index contributed by atoms with van der Waals surface area (Å²) in [5.41, 5.74) is 9.24. The maximum atomic E-state index is 11.3. The molecule has 5 nitrogen and oxygen atoms in total. The summed E-state index contributed by atoms with van der Waals surface area (Å²) in [7, 11) is 0. The van der Waals surface area contributed by atoms with Gasteiger partial charge in [0.25, 0.3) is 5.91 Å². The summed E-state index contributed by atoms with van der Waals surface area (Å²) in [5, 5.41) is 4.30. The highest BCUT2D eigenvalue weighted by atomic mass is 35.5. The van der Waals surface area contributed by atoms with E-state index in [4.69, 9.17) is 17.1 Å². The number of nitrogens with one attached hydrogen (secondary N) is 1. The molecule has 74 valence electrons. The molecule has 6 heteroatoms. The molecule has 0 saturated carbocycles. The van der Waals surface area contributed by atoms with Gasteiger partial charge in [-0.05, 0) is 22.8 Å². The van der Waals surface area contributed by atoms with Crippen molar-refractivity contribution in [2.45, 2.75) is 0 Å². The van der Waals surface area contributed by atoms with E-state index in [2.05, 4.69) is 15.0 Å². The van der Waals surface area contributed by atoms with Crippen LogP contribution in [0.4, 0.5) is 0 Å². The summed E-state index contributed by atoms with van der Waals surface area (Å²) in [6.45, 7) is 0. The van der Waals surface area contributed by atoms with Crippen LogP contribution in [0.1, 0.15) is 10.4 Å². The van der Waals surface area contributed by atoms with E-state index in [0.29, 0.717) is 16.0 Å². The number of nitrogens with zero attached hydrogens (tertiary/aromatic N) is 3. The van der Waals surface area contributed by atoms with Crippen LogP contribution in [0.15, 0.2) is 29.5 Å². The monoisotopic (exact) mass is 220 g/mol. The van der Waals surface area contributed by atoms with Crippen molar-refractivity contribution in [2.75, 3.05) is 0 Å². The Morgan fingerprint density at radius 1 is 1.53 bits per heavy atom. The topological polar surface area (TPSA) is 81.6 Å². The summed E-state index contributed by atoms with van der Waals surface area (Å²) < 4.78 is 0. The van der Waals surface area contributed by atoms with Gasteiger partial charge in [0.15, 0.2) is 0 Å². The van der Waals surface area contributed by atoms with Crippen molar-refractivity contribution < 1.29 is 4.79 Å². The van der Waals surface area contributed by atoms with E-state index in [-0.39, 0.29) is 0 Å². The van der Waals surface area contributed by atoms with Crippen molar-refractivity contribution in [3.63, 3.8) is 0 Å². The van der Waals surface area contributed by atoms with E-state index >= 15 is 0 Å². The van der Waals surface area contributed by atoms with Crippen LogP contribution in [0.3, 0.4) is 0 Å². The molecule has 0 spiro atoms. The zero-order chi connectivity index (χ0) is 10.8. The highest BCUT2D eigenvalue weighted by molar-refractivity contribution is 6.31. The van der Waals surface area contributed by atoms with Crippen LogP contribution >= 0.6 is 11.6 Å². The van der Waals surface area contributed by atoms with Crippen molar-refractivity contribution in [1.82, 2.24) is 4.98 Å². The zero-order valence-electron chi connectivity index (χ0n) is 7.44. The molecule has 0 unspecified atom stereocenters. The number of azide groups is 1. The van der Waals surface area contributed by atoms with Gasteiger partial charge < -0.3 is 4.98 Å². The molecule has 0 saturated heterocycles. The Hall–Kier alpha value is -1.97. The molecule has 0 aliphatic heterocycles. The van der Waals surface area contributed by atoms with Crippen molar-refractivity contribution >= 4 is 28.4 Å². The smallest absolute Gasteiger partial charge is 0.251 e. The fraction of sp³-hybridized carbons (Fsp3) is 0. The summed E-state index contributed by atoms with van der Waals surface area (Å²) >= 11 is 5.78. The van der Waals surface area contributed by atoms with E-state index in [1.165, 1.54) is 6.20 Å². The number of fused-ring (bicyclic) bond motifs is 1. The fourth-order valence-corrected chi connectivity index (χ4v) is 1.54. The maximum Gasteiger partial charge on any atom is 0.251 e. The summed E-state index contributed by atoms with van der Waals surface area (Å²) in [5.74, 6) is -0.605. The SMILES string of the molecule is [N-]=[N+]=NC(=O)c1c[nH]c2cc(Cl)ccc12. The first-order valence-electron chi connectivity index (χ1n) is 4.08. The predicted octanol–water partition coefficient (Wildman–Crippen LogP) is 3.27. The van der Waals surface area contributed by atoms with Crippen molar-refractivity contribution in [3.05, 3.63) is 45.4 Å². The Labute approximate surface area is 89.3 Å². The summed E-state index contributed by atoms with van der Waals surface area (Å²) in [6, 6.07) is 5.07. The first-order chi connectivity index (χ1) is 7.22. The quantitative estimate of drug-likeness (QED) is 0.447. The number of carbonyl (C=O) groups is 1. The summed E-state index contributed by atoms with van der Waals surface area (Å²) in [6.07, 6.45) is 1.50. The molecule has 1 aromatic carbocycles. The number of benzene rings is 1. The molecule has 2 rings (SSSR count). The molecule has 1 heterocycles. The number of hydrogen-bond acceptors (Lipinski definition) is 1. The molecule has 0 radical (unpaired) electrons. The molecule has 15 heavy (non-hydrogen) atoms. The van der Waals surface area contributed by atoms with Gasteiger partial charge >= 0.3 is 0 Å². The maximum absolute atomic E-state index is 11.3. The number of aromatic amines is 1. The third-order valence-corrected chi connectivity index (χ3v) is 2.24. The van der Waals surface area contributed by atoms with Gasteiger partial charge in [0, 0.05) is 32.6 Å². The number of halogens is 1. The van der Waals surface area contributed by atoms with Crippen LogP contribution in [-0.2, 0) is 0 Å². The van der Waals surface area contributed by atoms with Gasteiger partial charge in [0.05, 0.1) is 0 Å². The third-order valence-electron chi connectivity index (χ3n) is 2.01. The Bertz CT molecular complexity index is 583. The van der Waals surface area contributed by atoms with E-state index in [1.54, 1.807) is 18.2 Å². The lowest BCUT2D eigenvalue weighted by molar-refractivity contribution is 0.100. The molecule has 0 atom stereocenters. The van der Waals surface area contributed by atoms with Gasteiger partial charge in [-0.25, -0.2) is 0 Å². The molecule has 1 aromatic heterocycles. The molecule has 0 aliphatic rings. The number of carbonyl (C=O) groups excluding carboxylic acids is 1. The van der Waals surface area contributed by atoms with Gasteiger partial charge in [-0.15, -0.1) is 0 Å². The number of H-pyrrole nitrogens is 1. The average Bonchev–Trinajstić information content (AvgIpc) is 2.60. The van der Waals surface area contributed by atoms with E-state index < -0.39 is 5.91 Å². The molecule has 1 amide bonds. The van der Waals surface area contributed by atoms with Gasteiger partial charge in [-0.1, -0.05) is 17.7 Å². The molecule has 0 bridgehead atoms. The Balaban J connectivity index is 2.63. The number of amides is 1. The van der Waals surface area contributed by atoms with Crippen molar-refractivity contribution in [1.29, 1.82) is 0 Å². The van der Waals surface area contributed by atoms with E-state index in [9.17, 15) is 4.79 Å². The van der Waals surface area contributed by atoms with Crippen molar-refractivity contribution in [2.24, 2.45) is 5.11 Å². The lowest BCUT2D eigenvalue weighted by atomic mass is 10.2. The lowest BCUT2D eigenvalue weighted by Gasteiger charge is -1.93. The van der Waals surface area contributed by atoms with Gasteiger partial charge in [0.2, 0.25) is 0 Å². The molecule has 1 N–H and O–H groups in total. The molecule has 2 aromatic rings. The standard InChI is InChI=1S/C9H5ClN4O/c10-5-1-2-6-7(9(15)13-14-11)4-12-8(6)3-5/h1-4,12H. The van der Waals surface area contributed by atoms with Crippen LogP contribution in [0.2, 0.25) is 5.02 Å². The Morgan fingerprint density at radius 3 is 3.07 bits per heavy atom. The highest BCUT2D eigenvalue weighted by Crippen LogP contribution is 2.22. The number of aromatic nitrogens is 1. The second-order valence-electron chi connectivity index (χ2n) is 2.89. The predicted molar refractivity (Wildman–Crippen MR) is 56.8 cm³/mol. The van der Waals surface area contributed by atoms with Crippen LogP contribution < -0.4 is 0 Å². The van der Waals surface area contributed by atoms with Crippen LogP contribution in [0, 0.1) is 0 Å². The van der Waals surface area contributed by atoms with E-state index in [0.717, 1.165) is 5.52 Å². The van der Waals surface area contributed by atoms with Gasteiger partial charge in [-0.3, -0.25) is 4.79 Å². The Kier molecular flexibility index (Phi) is 2.33. The minimum atomic E-state index is -0.605. The minimum Gasteiger partial charge on any atom is -0.360 e. The first kappa shape index (κ1) is 9.58. The average molecular weight is 221 g/mol. The van der Waals surface area contributed by atoms with E-state index in [1.807, 2.05) is 0 Å². The highest BCUT2D eigenvalue weighted by Gasteiger charge is 2.09. The van der Waals surface area contributed by atoms with Crippen LogP contribution in [0.25, 0.3) is 21.3 Å². The lowest BCUT2D eigenvalue weighted by Crippen LogP contribution is -1.90. The van der Waals surface area contributed by atoms with Gasteiger partial charge in [0.1, 0.15) is 0 Å². The second-order valence-corrected chi connectivity index (χ2v) is 3.32. The largest absolute Gasteiger partial charge is 0.360 e. The molecule has 0 aliphatic carbocycles. The first-order valence-corrected chi connectivity index (χ1v) is 4.46. The molecular weight excluding hydrogens is 216 g/mol. The van der Waals surface area contributed by atoms with Gasteiger partial charge in [-0.2, -0.15) is 0 Å². The molecular formula is C9H5ClN4O. The number of hydrogen-bond donors (Lipinski definition) is 1. The zero-order valence-corrected chi connectivity index (χ0v) is 8.19. The fourth-order valence-electron chi connectivity index (χ4n) is 1.37. The summed E-state index contributed by atoms with van der Waals surface area (Å²) in [4.78, 5) is 16.7. The van der Waals surface area contributed by atoms with Crippen LogP contribution in [0.5, 0.6) is 0 Å². The minimum absolute atomic E-state index is 0.347. The third kappa shape index (κ3) is 1.66. The second kappa shape index (κ2) is 3.65. The van der Waals surface area contributed by atoms with Crippen LogP contribution in [-0.4, -0.2) is 10.9 Å². The molecule has 0 fully saturated rings. The Morgan fingerprint density at radius 2 is 2.33 bits per heavy atom. The normalized spacial score (nSPS) is 9.93.